The summed E-state index contributed by atoms with van der Waals surface area (Å²) in [5.41, 5.74) is 2.50. The number of hydrogen-bond acceptors (Lipinski definition) is 5. The van der Waals surface area contributed by atoms with Crippen molar-refractivity contribution in [3.8, 4) is 0 Å². The number of carbonyl (C=O) groups excluding carboxylic acids is 2. The molecule has 7 heteroatoms. The lowest BCUT2D eigenvalue weighted by Gasteiger charge is -2.20. The van der Waals surface area contributed by atoms with Crippen LogP contribution in [0.3, 0.4) is 0 Å². The molecule has 2 aromatic carbocycles. The third kappa shape index (κ3) is 6.41. The molecule has 0 aromatic heterocycles. The molecule has 0 radical (unpaired) electrons. The number of nitrogens with one attached hydrogen (secondary N) is 1. The largest absolute Gasteiger partial charge is 0.467 e. The Morgan fingerprint density at radius 2 is 1.76 bits per heavy atom. The van der Waals surface area contributed by atoms with Gasteiger partial charge in [-0.3, -0.25) is 14.9 Å². The molecule has 1 N–H and O–H groups in total. The number of benzene rings is 2. The molecule has 2 aromatic rings. The summed E-state index contributed by atoms with van der Waals surface area (Å²) in [5, 5.41) is 13.6. The van der Waals surface area contributed by atoms with Gasteiger partial charge in [-0.15, -0.1) is 0 Å². The SMILES string of the molecule is COC(=O)[C@@H](Cc1ccc(C(C)(C)C)cc1)NC(=O)Cc1cccc([N+](=O)[O-])c1. The minimum absolute atomic E-state index is 0.0206. The van der Waals surface area contributed by atoms with Crippen molar-refractivity contribution in [3.05, 3.63) is 75.3 Å². The monoisotopic (exact) mass is 398 g/mol. The van der Waals surface area contributed by atoms with Crippen LogP contribution in [-0.4, -0.2) is 30.0 Å². The Morgan fingerprint density at radius 3 is 2.31 bits per heavy atom. The van der Waals surface area contributed by atoms with Crippen LogP contribution in [0.15, 0.2) is 48.5 Å². The molecule has 0 spiro atoms. The summed E-state index contributed by atoms with van der Waals surface area (Å²) in [6.07, 6.45) is 0.218. The van der Waals surface area contributed by atoms with Gasteiger partial charge in [-0.1, -0.05) is 57.2 Å². The molecule has 0 aliphatic carbocycles. The number of nitrogens with zero attached hydrogens (tertiary/aromatic N) is 1. The van der Waals surface area contributed by atoms with Crippen LogP contribution in [0.5, 0.6) is 0 Å². The van der Waals surface area contributed by atoms with Gasteiger partial charge in [-0.25, -0.2) is 4.79 Å². The highest BCUT2D eigenvalue weighted by Gasteiger charge is 2.23. The Labute approximate surface area is 170 Å². The molecule has 0 aliphatic rings. The molecule has 0 heterocycles. The number of nitro benzene ring substituents is 1. The molecule has 0 saturated heterocycles. The first-order chi connectivity index (χ1) is 13.6. The van der Waals surface area contributed by atoms with Crippen LogP contribution in [0.25, 0.3) is 0 Å². The summed E-state index contributed by atoms with van der Waals surface area (Å²) in [5.74, 6) is -0.954. The van der Waals surface area contributed by atoms with Gasteiger partial charge >= 0.3 is 5.97 Å². The molecule has 2 rings (SSSR count). The average molecular weight is 398 g/mol. The van der Waals surface area contributed by atoms with Crippen molar-refractivity contribution in [1.29, 1.82) is 0 Å². The number of nitro groups is 1. The van der Waals surface area contributed by atoms with Crippen molar-refractivity contribution in [2.24, 2.45) is 0 Å². The molecule has 1 atom stereocenters. The summed E-state index contributed by atoms with van der Waals surface area (Å²) in [4.78, 5) is 34.9. The lowest BCUT2D eigenvalue weighted by atomic mass is 9.86. The maximum absolute atomic E-state index is 12.4. The maximum atomic E-state index is 12.4. The molecule has 1 amide bonds. The minimum atomic E-state index is -0.841. The fourth-order valence-electron chi connectivity index (χ4n) is 2.92. The molecule has 0 aliphatic heterocycles. The fourth-order valence-corrected chi connectivity index (χ4v) is 2.92. The second-order valence-corrected chi connectivity index (χ2v) is 7.90. The van der Waals surface area contributed by atoms with Gasteiger partial charge in [-0.05, 0) is 22.1 Å². The predicted octanol–water partition coefficient (Wildman–Crippen LogP) is 3.34. The van der Waals surface area contributed by atoms with E-state index >= 15 is 0 Å². The van der Waals surface area contributed by atoms with Gasteiger partial charge in [0.2, 0.25) is 5.91 Å². The summed E-state index contributed by atoms with van der Waals surface area (Å²) in [7, 11) is 1.27. The van der Waals surface area contributed by atoms with Crippen LogP contribution >= 0.6 is 0 Å². The average Bonchev–Trinajstić information content (AvgIpc) is 2.66. The van der Waals surface area contributed by atoms with Crippen LogP contribution in [0.4, 0.5) is 5.69 Å². The van der Waals surface area contributed by atoms with E-state index in [9.17, 15) is 19.7 Å². The van der Waals surface area contributed by atoms with Crippen LogP contribution in [-0.2, 0) is 32.6 Å². The van der Waals surface area contributed by atoms with Crippen molar-refractivity contribution >= 4 is 17.6 Å². The standard InChI is InChI=1S/C22H26N2O5/c1-22(2,3)17-10-8-15(9-11-17)13-19(21(26)29-4)23-20(25)14-16-6-5-7-18(12-16)24(27)28/h5-12,19H,13-14H2,1-4H3,(H,23,25)/t19-/m1/s1. The van der Waals surface area contributed by atoms with Gasteiger partial charge in [0.15, 0.2) is 0 Å². The summed E-state index contributed by atoms with van der Waals surface area (Å²) in [6.45, 7) is 6.36. The van der Waals surface area contributed by atoms with E-state index in [1.165, 1.54) is 30.9 Å². The Bertz CT molecular complexity index is 885. The van der Waals surface area contributed by atoms with E-state index < -0.39 is 22.8 Å². The van der Waals surface area contributed by atoms with Gasteiger partial charge in [0.1, 0.15) is 6.04 Å². The lowest BCUT2D eigenvalue weighted by molar-refractivity contribution is -0.384. The number of rotatable bonds is 7. The summed E-state index contributed by atoms with van der Waals surface area (Å²) in [6, 6.07) is 12.9. The zero-order valence-corrected chi connectivity index (χ0v) is 17.1. The van der Waals surface area contributed by atoms with E-state index in [2.05, 4.69) is 26.1 Å². The van der Waals surface area contributed by atoms with E-state index in [4.69, 9.17) is 4.74 Å². The van der Waals surface area contributed by atoms with Gasteiger partial charge < -0.3 is 10.1 Å². The summed E-state index contributed by atoms with van der Waals surface area (Å²) < 4.78 is 4.82. The maximum Gasteiger partial charge on any atom is 0.328 e. The lowest BCUT2D eigenvalue weighted by Crippen LogP contribution is -2.43. The third-order valence-corrected chi connectivity index (χ3v) is 4.57. The molecule has 0 unspecified atom stereocenters. The third-order valence-electron chi connectivity index (χ3n) is 4.57. The highest BCUT2D eigenvalue weighted by atomic mass is 16.6. The van der Waals surface area contributed by atoms with Gasteiger partial charge in [0.05, 0.1) is 18.5 Å². The molecule has 0 fully saturated rings. The molecule has 7 nitrogen and oxygen atoms in total. The second kappa shape index (κ2) is 9.32. The number of hydrogen-bond donors (Lipinski definition) is 1. The van der Waals surface area contributed by atoms with Crippen molar-refractivity contribution in [3.63, 3.8) is 0 Å². The number of non-ortho nitro benzene ring substituents is 1. The number of esters is 1. The van der Waals surface area contributed by atoms with E-state index in [0.29, 0.717) is 5.56 Å². The van der Waals surface area contributed by atoms with E-state index in [1.807, 2.05) is 24.3 Å². The van der Waals surface area contributed by atoms with Crippen LogP contribution in [0, 0.1) is 10.1 Å². The van der Waals surface area contributed by atoms with Crippen molar-refractivity contribution in [2.45, 2.75) is 45.1 Å². The number of carbonyl (C=O) groups is 2. The first kappa shape index (κ1) is 22.1. The van der Waals surface area contributed by atoms with Crippen LogP contribution < -0.4 is 5.32 Å². The first-order valence-electron chi connectivity index (χ1n) is 9.30. The van der Waals surface area contributed by atoms with Crippen LogP contribution in [0.2, 0.25) is 0 Å². The number of ether oxygens (including phenoxy) is 1. The van der Waals surface area contributed by atoms with Crippen molar-refractivity contribution < 1.29 is 19.2 Å². The smallest absolute Gasteiger partial charge is 0.328 e. The molecule has 0 bridgehead atoms. The summed E-state index contributed by atoms with van der Waals surface area (Å²) >= 11 is 0. The van der Waals surface area contributed by atoms with Crippen molar-refractivity contribution in [1.82, 2.24) is 5.32 Å². The molecule has 0 saturated carbocycles. The fraction of sp³-hybridized carbons (Fsp3) is 0.364. The molecule has 154 valence electrons. The Morgan fingerprint density at radius 1 is 1.10 bits per heavy atom. The second-order valence-electron chi connectivity index (χ2n) is 7.90. The number of methoxy groups -OCH3 is 1. The highest BCUT2D eigenvalue weighted by Crippen LogP contribution is 2.22. The predicted molar refractivity (Wildman–Crippen MR) is 110 cm³/mol. The molecule has 29 heavy (non-hydrogen) atoms. The zero-order chi connectivity index (χ0) is 21.6. The van der Waals surface area contributed by atoms with E-state index in [-0.39, 0.29) is 23.9 Å². The van der Waals surface area contributed by atoms with E-state index in [1.54, 1.807) is 6.07 Å². The molecular formula is C22H26N2O5. The first-order valence-corrected chi connectivity index (χ1v) is 9.30. The van der Waals surface area contributed by atoms with E-state index in [0.717, 1.165) is 5.56 Å². The van der Waals surface area contributed by atoms with Crippen molar-refractivity contribution in [2.75, 3.05) is 7.11 Å². The van der Waals surface area contributed by atoms with Gasteiger partial charge in [0, 0.05) is 18.6 Å². The van der Waals surface area contributed by atoms with Gasteiger partial charge in [0.25, 0.3) is 5.69 Å². The molecular weight excluding hydrogens is 372 g/mol. The highest BCUT2D eigenvalue weighted by molar-refractivity contribution is 5.85. The quantitative estimate of drug-likeness (QED) is 0.438. The number of amides is 1. The minimum Gasteiger partial charge on any atom is -0.467 e. The Hall–Kier alpha value is -3.22. The van der Waals surface area contributed by atoms with Gasteiger partial charge in [-0.2, -0.15) is 0 Å². The normalized spacial score (nSPS) is 12.1. The Kier molecular flexibility index (Phi) is 7.09. The zero-order valence-electron chi connectivity index (χ0n) is 17.1. The van der Waals surface area contributed by atoms with Crippen LogP contribution in [0.1, 0.15) is 37.5 Å². The topological polar surface area (TPSA) is 98.5 Å². The Balaban J connectivity index is 2.08.